The van der Waals surface area contributed by atoms with Crippen LogP contribution in [0.4, 0.5) is 10.7 Å². The highest BCUT2D eigenvalue weighted by Crippen LogP contribution is 2.10. The van der Waals surface area contributed by atoms with Crippen molar-refractivity contribution in [3.63, 3.8) is 0 Å². The van der Waals surface area contributed by atoms with Gasteiger partial charge in [-0.25, -0.2) is 4.79 Å². The fraction of sp³-hybridized carbons (Fsp3) is 0.167. The molecule has 0 saturated heterocycles. The first-order valence-corrected chi connectivity index (χ1v) is 2.75. The second-order valence-corrected chi connectivity index (χ2v) is 1.84. The van der Waals surface area contributed by atoms with E-state index in [1.807, 2.05) is 0 Å². The molecule has 10 heavy (non-hydrogen) atoms. The van der Waals surface area contributed by atoms with E-state index >= 15 is 0 Å². The zero-order valence-electron chi connectivity index (χ0n) is 5.42. The summed E-state index contributed by atoms with van der Waals surface area (Å²) in [6.07, 6.45) is -1.12. The molecule has 0 aliphatic rings. The average Bonchev–Trinajstić information content (AvgIpc) is 2.13. The molecule has 0 aliphatic carbocycles. The van der Waals surface area contributed by atoms with Crippen molar-refractivity contribution < 1.29 is 14.3 Å². The predicted octanol–water partition coefficient (Wildman–Crippen LogP) is 1.68. The molecule has 1 aromatic rings. The number of furan rings is 1. The molecule has 1 amide bonds. The number of carbonyl (C=O) groups is 1. The molecule has 0 aliphatic heterocycles. The first kappa shape index (κ1) is 6.67. The zero-order valence-corrected chi connectivity index (χ0v) is 5.42. The van der Waals surface area contributed by atoms with Crippen LogP contribution >= 0.6 is 0 Å². The van der Waals surface area contributed by atoms with Crippen LogP contribution in [0.15, 0.2) is 16.5 Å². The highest BCUT2D eigenvalue weighted by atomic mass is 16.4. The van der Waals surface area contributed by atoms with Crippen LogP contribution in [0.2, 0.25) is 0 Å². The summed E-state index contributed by atoms with van der Waals surface area (Å²) in [5.74, 6) is 0.939. The maximum absolute atomic E-state index is 10.0. The molecular weight excluding hydrogens is 134 g/mol. The Bertz CT molecular complexity index is 241. The Hall–Kier alpha value is -1.45. The van der Waals surface area contributed by atoms with Crippen molar-refractivity contribution in [2.75, 3.05) is 5.32 Å². The summed E-state index contributed by atoms with van der Waals surface area (Å²) in [5.41, 5.74) is 0. The summed E-state index contributed by atoms with van der Waals surface area (Å²) in [6, 6.07) is 3.24. The predicted molar refractivity (Wildman–Crippen MR) is 35.1 cm³/mol. The van der Waals surface area contributed by atoms with Crippen molar-refractivity contribution >= 4 is 12.0 Å². The summed E-state index contributed by atoms with van der Waals surface area (Å²) >= 11 is 0. The lowest BCUT2D eigenvalue weighted by atomic mass is 10.5. The molecule has 0 fully saturated rings. The fourth-order valence-corrected chi connectivity index (χ4v) is 0.607. The largest absolute Gasteiger partial charge is 0.465 e. The normalized spacial score (nSPS) is 9.30. The van der Waals surface area contributed by atoms with E-state index in [4.69, 9.17) is 9.52 Å². The van der Waals surface area contributed by atoms with Gasteiger partial charge in [0.15, 0.2) is 0 Å². The van der Waals surface area contributed by atoms with E-state index in [2.05, 4.69) is 5.32 Å². The second-order valence-electron chi connectivity index (χ2n) is 1.84. The van der Waals surface area contributed by atoms with Gasteiger partial charge in [-0.2, -0.15) is 0 Å². The number of carboxylic acid groups (broad SMARTS) is 1. The maximum atomic E-state index is 10.0. The Labute approximate surface area is 57.5 Å². The van der Waals surface area contributed by atoms with Crippen LogP contribution in [-0.4, -0.2) is 11.2 Å². The van der Waals surface area contributed by atoms with Crippen LogP contribution in [0.25, 0.3) is 0 Å². The van der Waals surface area contributed by atoms with Crippen LogP contribution < -0.4 is 5.32 Å². The second kappa shape index (κ2) is 2.43. The van der Waals surface area contributed by atoms with Gasteiger partial charge in [0.2, 0.25) is 5.88 Å². The summed E-state index contributed by atoms with van der Waals surface area (Å²) in [7, 11) is 0. The molecule has 0 atom stereocenters. The Kier molecular flexibility index (Phi) is 1.62. The van der Waals surface area contributed by atoms with Crippen molar-refractivity contribution in [3.05, 3.63) is 17.9 Å². The summed E-state index contributed by atoms with van der Waals surface area (Å²) in [4.78, 5) is 10.0. The quantitative estimate of drug-likeness (QED) is 0.625. The van der Waals surface area contributed by atoms with Gasteiger partial charge in [0.25, 0.3) is 0 Å². The molecule has 2 N–H and O–H groups in total. The number of nitrogens with one attached hydrogen (secondary N) is 1. The molecule has 0 bridgehead atoms. The monoisotopic (exact) mass is 141 g/mol. The van der Waals surface area contributed by atoms with E-state index in [0.717, 1.165) is 0 Å². The third kappa shape index (κ3) is 1.51. The van der Waals surface area contributed by atoms with Gasteiger partial charge in [-0.15, -0.1) is 0 Å². The number of aryl methyl sites for hydroxylation is 1. The maximum Gasteiger partial charge on any atom is 0.411 e. The number of rotatable bonds is 1. The molecule has 1 aromatic heterocycles. The minimum atomic E-state index is -1.12. The van der Waals surface area contributed by atoms with Crippen molar-refractivity contribution in [1.82, 2.24) is 0 Å². The molecular formula is C6H7NO3. The van der Waals surface area contributed by atoms with E-state index in [-0.39, 0.29) is 5.88 Å². The Morgan fingerprint density at radius 2 is 2.40 bits per heavy atom. The SMILES string of the molecule is Cc1ccc(NC(=O)O)o1. The minimum Gasteiger partial charge on any atom is -0.465 e. The van der Waals surface area contributed by atoms with Crippen molar-refractivity contribution in [3.8, 4) is 0 Å². The van der Waals surface area contributed by atoms with Crippen molar-refractivity contribution in [1.29, 1.82) is 0 Å². The molecule has 1 heterocycles. The molecule has 0 saturated carbocycles. The van der Waals surface area contributed by atoms with E-state index in [1.165, 1.54) is 0 Å². The molecule has 0 aromatic carbocycles. The topological polar surface area (TPSA) is 62.5 Å². The number of hydrogen-bond donors (Lipinski definition) is 2. The van der Waals surface area contributed by atoms with Crippen LogP contribution in [0.5, 0.6) is 0 Å². The van der Waals surface area contributed by atoms with Crippen molar-refractivity contribution in [2.24, 2.45) is 0 Å². The molecule has 0 unspecified atom stereocenters. The van der Waals surface area contributed by atoms with Gasteiger partial charge in [-0.05, 0) is 13.0 Å². The van der Waals surface area contributed by atoms with Gasteiger partial charge in [-0.1, -0.05) is 0 Å². The molecule has 1 rings (SSSR count). The van der Waals surface area contributed by atoms with E-state index < -0.39 is 6.09 Å². The summed E-state index contributed by atoms with van der Waals surface area (Å²) in [6.45, 7) is 1.74. The summed E-state index contributed by atoms with van der Waals surface area (Å²) in [5, 5.41) is 10.3. The molecule has 4 heteroatoms. The van der Waals surface area contributed by atoms with Gasteiger partial charge < -0.3 is 9.52 Å². The Balaban J connectivity index is 2.67. The van der Waals surface area contributed by atoms with Gasteiger partial charge >= 0.3 is 6.09 Å². The third-order valence-corrected chi connectivity index (χ3v) is 0.970. The van der Waals surface area contributed by atoms with Crippen molar-refractivity contribution in [2.45, 2.75) is 6.92 Å². The average molecular weight is 141 g/mol. The standard InChI is InChI=1S/C6H7NO3/c1-4-2-3-5(10-4)7-6(8)9/h2-3,7H,1H3,(H,8,9). The molecule has 0 spiro atoms. The van der Waals surface area contributed by atoms with E-state index in [1.54, 1.807) is 19.1 Å². The van der Waals surface area contributed by atoms with Gasteiger partial charge in [0.05, 0.1) is 0 Å². The zero-order chi connectivity index (χ0) is 7.56. The van der Waals surface area contributed by atoms with Crippen LogP contribution in [0.1, 0.15) is 5.76 Å². The van der Waals surface area contributed by atoms with Gasteiger partial charge in [0.1, 0.15) is 5.76 Å². The Morgan fingerprint density at radius 3 is 2.80 bits per heavy atom. The number of hydrogen-bond acceptors (Lipinski definition) is 2. The lowest BCUT2D eigenvalue weighted by Gasteiger charge is -1.91. The third-order valence-electron chi connectivity index (χ3n) is 0.970. The first-order chi connectivity index (χ1) is 4.68. The first-order valence-electron chi connectivity index (χ1n) is 2.75. The molecule has 4 nitrogen and oxygen atoms in total. The highest BCUT2D eigenvalue weighted by Gasteiger charge is 1.99. The fourth-order valence-electron chi connectivity index (χ4n) is 0.607. The minimum absolute atomic E-state index is 0.255. The van der Waals surface area contributed by atoms with Crippen LogP contribution in [-0.2, 0) is 0 Å². The van der Waals surface area contributed by atoms with E-state index in [0.29, 0.717) is 5.76 Å². The highest BCUT2D eigenvalue weighted by molar-refractivity contribution is 5.80. The summed E-state index contributed by atoms with van der Waals surface area (Å²) < 4.78 is 4.90. The smallest absolute Gasteiger partial charge is 0.411 e. The van der Waals surface area contributed by atoms with Crippen LogP contribution in [0.3, 0.4) is 0 Å². The molecule has 0 radical (unpaired) electrons. The lowest BCUT2D eigenvalue weighted by molar-refractivity contribution is 0.209. The number of amides is 1. The lowest BCUT2D eigenvalue weighted by Crippen LogP contribution is -2.05. The molecule has 54 valence electrons. The number of anilines is 1. The van der Waals surface area contributed by atoms with E-state index in [9.17, 15) is 4.79 Å². The van der Waals surface area contributed by atoms with Crippen LogP contribution in [0, 0.1) is 6.92 Å². The Morgan fingerprint density at radius 1 is 1.70 bits per heavy atom. The van der Waals surface area contributed by atoms with Gasteiger partial charge in [0, 0.05) is 6.07 Å². The van der Waals surface area contributed by atoms with Gasteiger partial charge in [-0.3, -0.25) is 5.32 Å².